The maximum atomic E-state index is 2.36. The van der Waals surface area contributed by atoms with Crippen molar-refractivity contribution in [2.75, 3.05) is 0 Å². The van der Waals surface area contributed by atoms with E-state index >= 15 is 0 Å². The van der Waals surface area contributed by atoms with Crippen LogP contribution in [0, 0.1) is 23.7 Å². The second kappa shape index (κ2) is 5.61. The summed E-state index contributed by atoms with van der Waals surface area (Å²) in [7, 11) is 0. The van der Waals surface area contributed by atoms with Gasteiger partial charge in [0.2, 0.25) is 0 Å². The average molecular weight is 169 g/mol. The molecule has 0 heteroatoms. The molecule has 0 bridgehead atoms. The molecular weight excluding hydrogens is 144 g/mol. The van der Waals surface area contributed by atoms with Crippen molar-refractivity contribution in [2.45, 2.75) is 54.4 Å². The van der Waals surface area contributed by atoms with Crippen molar-refractivity contribution in [2.24, 2.45) is 17.8 Å². The van der Waals surface area contributed by atoms with Gasteiger partial charge in [-0.3, -0.25) is 0 Å². The molecular formula is C12H25. The lowest BCUT2D eigenvalue weighted by molar-refractivity contribution is 0.355. The lowest BCUT2D eigenvalue weighted by Crippen LogP contribution is -2.08. The molecule has 0 aromatic carbocycles. The van der Waals surface area contributed by atoms with E-state index in [1.54, 1.807) is 5.92 Å². The maximum Gasteiger partial charge on any atom is -0.0275 e. The number of hydrogen-bond acceptors (Lipinski definition) is 0. The molecule has 0 amide bonds. The van der Waals surface area contributed by atoms with E-state index in [1.165, 1.54) is 12.8 Å². The van der Waals surface area contributed by atoms with Crippen LogP contribution in [0.3, 0.4) is 0 Å². The standard InChI is InChI=1S/C12H25/c1-9(2)11(5)7-8-12(6)10(3)4/h9,11-12H,7-8H2,1-6H3. The van der Waals surface area contributed by atoms with E-state index in [-0.39, 0.29) is 0 Å². The summed E-state index contributed by atoms with van der Waals surface area (Å²) in [5, 5.41) is 0. The average Bonchev–Trinajstić information content (AvgIpc) is 1.98. The van der Waals surface area contributed by atoms with Crippen LogP contribution in [0.25, 0.3) is 0 Å². The van der Waals surface area contributed by atoms with Crippen molar-refractivity contribution < 1.29 is 0 Å². The largest absolute Gasteiger partial charge is 0.0625 e. The van der Waals surface area contributed by atoms with Gasteiger partial charge in [0.25, 0.3) is 0 Å². The zero-order chi connectivity index (χ0) is 9.72. The summed E-state index contributed by atoms with van der Waals surface area (Å²) >= 11 is 0. The first-order valence-corrected chi connectivity index (χ1v) is 5.25. The number of hydrogen-bond donors (Lipinski definition) is 0. The molecule has 0 rings (SSSR count). The molecule has 0 saturated carbocycles. The summed E-state index contributed by atoms with van der Waals surface area (Å²) in [6, 6.07) is 0. The lowest BCUT2D eigenvalue weighted by Gasteiger charge is -2.20. The van der Waals surface area contributed by atoms with Crippen LogP contribution < -0.4 is 0 Å². The Hall–Kier alpha value is 0. The fourth-order valence-corrected chi connectivity index (χ4v) is 1.13. The van der Waals surface area contributed by atoms with Crippen LogP contribution in [-0.2, 0) is 0 Å². The Kier molecular flexibility index (Phi) is 5.61. The Morgan fingerprint density at radius 3 is 1.75 bits per heavy atom. The predicted octanol–water partition coefficient (Wildman–Crippen LogP) is 4.31. The van der Waals surface area contributed by atoms with Gasteiger partial charge in [0, 0.05) is 0 Å². The smallest absolute Gasteiger partial charge is 0.0275 e. The van der Waals surface area contributed by atoms with Crippen molar-refractivity contribution in [3.63, 3.8) is 0 Å². The molecule has 0 N–H and O–H groups in total. The van der Waals surface area contributed by atoms with Crippen LogP contribution in [0.2, 0.25) is 0 Å². The van der Waals surface area contributed by atoms with Gasteiger partial charge in [-0.2, -0.15) is 0 Å². The van der Waals surface area contributed by atoms with Crippen LogP contribution >= 0.6 is 0 Å². The molecule has 2 unspecified atom stereocenters. The summed E-state index contributed by atoms with van der Waals surface area (Å²) in [6.45, 7) is 13.8. The molecule has 0 spiro atoms. The Morgan fingerprint density at radius 2 is 1.42 bits per heavy atom. The van der Waals surface area contributed by atoms with Gasteiger partial charge in [0.1, 0.15) is 0 Å². The van der Waals surface area contributed by atoms with Crippen LogP contribution in [0.1, 0.15) is 54.4 Å². The third kappa shape index (κ3) is 4.79. The van der Waals surface area contributed by atoms with E-state index in [0.717, 1.165) is 17.8 Å². The molecule has 0 saturated heterocycles. The molecule has 1 radical (unpaired) electrons. The third-order valence-corrected chi connectivity index (χ3v) is 3.18. The van der Waals surface area contributed by atoms with Crippen LogP contribution in [-0.4, -0.2) is 0 Å². The van der Waals surface area contributed by atoms with Gasteiger partial charge >= 0.3 is 0 Å². The zero-order valence-corrected chi connectivity index (χ0v) is 9.65. The van der Waals surface area contributed by atoms with Gasteiger partial charge < -0.3 is 0 Å². The summed E-state index contributed by atoms with van der Waals surface area (Å²) in [4.78, 5) is 0. The minimum atomic E-state index is 0.811. The van der Waals surface area contributed by atoms with E-state index in [9.17, 15) is 0 Å². The van der Waals surface area contributed by atoms with Crippen molar-refractivity contribution in [3.8, 4) is 0 Å². The first-order chi connectivity index (χ1) is 5.45. The first-order valence-electron chi connectivity index (χ1n) is 5.25. The molecule has 0 nitrogen and oxygen atoms in total. The van der Waals surface area contributed by atoms with Crippen molar-refractivity contribution in [1.29, 1.82) is 0 Å². The SMILES string of the molecule is C[C](C)C(C)CCC(C)C(C)C. The van der Waals surface area contributed by atoms with Gasteiger partial charge in [-0.1, -0.05) is 48.0 Å². The van der Waals surface area contributed by atoms with Gasteiger partial charge in [-0.05, 0) is 30.1 Å². The molecule has 2 atom stereocenters. The highest BCUT2D eigenvalue weighted by atomic mass is 14.2. The molecule has 0 aliphatic carbocycles. The summed E-state index contributed by atoms with van der Waals surface area (Å²) in [6.07, 6.45) is 2.74. The molecule has 0 aromatic rings. The maximum absolute atomic E-state index is 2.36. The van der Waals surface area contributed by atoms with E-state index < -0.39 is 0 Å². The Balaban J connectivity index is 3.54. The molecule has 0 aliphatic rings. The molecule has 0 fully saturated rings. The van der Waals surface area contributed by atoms with Gasteiger partial charge in [0.05, 0.1) is 0 Å². The van der Waals surface area contributed by atoms with Crippen molar-refractivity contribution in [3.05, 3.63) is 5.92 Å². The fourth-order valence-electron chi connectivity index (χ4n) is 1.13. The molecule has 12 heavy (non-hydrogen) atoms. The van der Waals surface area contributed by atoms with Crippen molar-refractivity contribution >= 4 is 0 Å². The lowest BCUT2D eigenvalue weighted by atomic mass is 9.86. The molecule has 0 heterocycles. The summed E-state index contributed by atoms with van der Waals surface area (Å²) < 4.78 is 0. The second-order valence-corrected chi connectivity index (χ2v) is 4.78. The van der Waals surface area contributed by atoms with E-state index in [1.807, 2.05) is 0 Å². The van der Waals surface area contributed by atoms with Crippen LogP contribution in [0.15, 0.2) is 0 Å². The van der Waals surface area contributed by atoms with Gasteiger partial charge in [-0.15, -0.1) is 0 Å². The highest BCUT2D eigenvalue weighted by Crippen LogP contribution is 2.23. The normalized spacial score (nSPS) is 17.0. The topological polar surface area (TPSA) is 0 Å². The Labute approximate surface area is 78.8 Å². The minimum Gasteiger partial charge on any atom is -0.0625 e. The monoisotopic (exact) mass is 169 g/mol. The minimum absolute atomic E-state index is 0.811. The van der Waals surface area contributed by atoms with Gasteiger partial charge in [-0.25, -0.2) is 0 Å². The molecule has 0 aliphatic heterocycles. The van der Waals surface area contributed by atoms with Gasteiger partial charge in [0.15, 0.2) is 0 Å². The summed E-state index contributed by atoms with van der Waals surface area (Å²) in [5.74, 6) is 4.11. The van der Waals surface area contributed by atoms with E-state index in [2.05, 4.69) is 41.5 Å². The first kappa shape index (κ1) is 12.0. The molecule has 73 valence electrons. The van der Waals surface area contributed by atoms with E-state index in [0.29, 0.717) is 0 Å². The highest BCUT2D eigenvalue weighted by molar-refractivity contribution is 4.83. The zero-order valence-electron chi connectivity index (χ0n) is 9.65. The number of rotatable bonds is 5. The van der Waals surface area contributed by atoms with Crippen molar-refractivity contribution in [1.82, 2.24) is 0 Å². The Bertz CT molecular complexity index is 88.6. The third-order valence-electron chi connectivity index (χ3n) is 3.18. The van der Waals surface area contributed by atoms with E-state index in [4.69, 9.17) is 0 Å². The Morgan fingerprint density at radius 1 is 0.917 bits per heavy atom. The highest BCUT2D eigenvalue weighted by Gasteiger charge is 2.11. The summed E-state index contributed by atoms with van der Waals surface area (Å²) in [5.41, 5.74) is 0. The fraction of sp³-hybridized carbons (Fsp3) is 0.917. The quantitative estimate of drug-likeness (QED) is 0.575. The molecule has 0 aromatic heterocycles. The van der Waals surface area contributed by atoms with Crippen LogP contribution in [0.4, 0.5) is 0 Å². The van der Waals surface area contributed by atoms with Crippen LogP contribution in [0.5, 0.6) is 0 Å². The second-order valence-electron chi connectivity index (χ2n) is 4.78. The predicted molar refractivity (Wildman–Crippen MR) is 57.0 cm³/mol.